The Labute approximate surface area is 247 Å². The van der Waals surface area contributed by atoms with Crippen molar-refractivity contribution in [1.29, 1.82) is 0 Å². The molecule has 0 spiro atoms. The number of hydrogen-bond acceptors (Lipinski definition) is 6. The third-order valence-corrected chi connectivity index (χ3v) is 21.6. The SMILES string of the molecule is CC1CCC(C(C)C)C(S(=O)(=O)C(S(=O)(=O)C2CC(C)CCC2C(C)C)S(=O)(=O)C2CC(C)CCC2C(C)C)C1. The molecule has 6 nitrogen and oxygen atoms in total. The Kier molecular flexibility index (Phi) is 11.0. The summed E-state index contributed by atoms with van der Waals surface area (Å²) in [4.78, 5) is 0. The van der Waals surface area contributed by atoms with Crippen LogP contribution in [0.3, 0.4) is 0 Å². The number of sulfone groups is 3. The van der Waals surface area contributed by atoms with Gasteiger partial charge in [-0.05, 0) is 91.8 Å². The molecule has 3 aliphatic rings. The molecular formula is C31H58O6S3. The first-order valence-electron chi connectivity index (χ1n) is 16.0. The highest BCUT2D eigenvalue weighted by Gasteiger charge is 2.60. The van der Waals surface area contributed by atoms with Gasteiger partial charge in [-0.3, -0.25) is 0 Å². The van der Waals surface area contributed by atoms with Gasteiger partial charge < -0.3 is 0 Å². The van der Waals surface area contributed by atoms with E-state index < -0.39 is 49.2 Å². The topological polar surface area (TPSA) is 102 Å². The molecule has 3 rings (SSSR count). The Hall–Kier alpha value is -0.150. The van der Waals surface area contributed by atoms with Crippen LogP contribution in [0.2, 0.25) is 0 Å². The Morgan fingerprint density at radius 1 is 0.425 bits per heavy atom. The molecule has 0 aromatic rings. The second-order valence-electron chi connectivity index (χ2n) is 15.1. The largest absolute Gasteiger partial charge is 0.263 e. The average molecular weight is 623 g/mol. The highest BCUT2D eigenvalue weighted by molar-refractivity contribution is 8.24. The minimum Gasteiger partial charge on any atom is -0.226 e. The first kappa shape index (κ1) is 34.3. The van der Waals surface area contributed by atoms with Gasteiger partial charge in [0.25, 0.3) is 3.91 Å². The van der Waals surface area contributed by atoms with Crippen molar-refractivity contribution in [3.63, 3.8) is 0 Å². The molecule has 40 heavy (non-hydrogen) atoms. The van der Waals surface area contributed by atoms with Crippen molar-refractivity contribution in [1.82, 2.24) is 0 Å². The summed E-state index contributed by atoms with van der Waals surface area (Å²) in [6, 6.07) is 0. The van der Waals surface area contributed by atoms with E-state index in [0.717, 1.165) is 19.3 Å². The molecule has 9 unspecified atom stereocenters. The summed E-state index contributed by atoms with van der Waals surface area (Å²) < 4.78 is 86.9. The predicted octanol–water partition coefficient (Wildman–Crippen LogP) is 6.90. The van der Waals surface area contributed by atoms with Crippen LogP contribution in [-0.2, 0) is 29.5 Å². The Balaban J connectivity index is 2.27. The highest BCUT2D eigenvalue weighted by Crippen LogP contribution is 2.47. The van der Waals surface area contributed by atoms with E-state index in [1.807, 2.05) is 62.3 Å². The standard InChI is InChI=1S/C31H58O6S3/c1-19(2)25-13-10-22(7)16-28(25)38(32,33)31(39(34,35)29-17-23(8)11-14-26(29)20(3)4)40(36,37)30-18-24(9)12-15-27(30)21(5)6/h19-31H,10-18H2,1-9H3. The van der Waals surface area contributed by atoms with Crippen LogP contribution in [0.1, 0.15) is 120 Å². The lowest BCUT2D eigenvalue weighted by atomic mass is 9.77. The molecule has 0 radical (unpaired) electrons. The Bertz CT molecular complexity index is 1020. The molecule has 3 fully saturated rings. The first-order chi connectivity index (χ1) is 18.3. The van der Waals surface area contributed by atoms with Crippen LogP contribution >= 0.6 is 0 Å². The van der Waals surface area contributed by atoms with Gasteiger partial charge in [-0.2, -0.15) is 0 Å². The molecule has 236 valence electrons. The van der Waals surface area contributed by atoms with Crippen molar-refractivity contribution >= 4 is 29.5 Å². The molecule has 0 bridgehead atoms. The van der Waals surface area contributed by atoms with E-state index in [1.54, 1.807) is 0 Å². The van der Waals surface area contributed by atoms with Gasteiger partial charge in [-0.25, -0.2) is 25.3 Å². The quantitative estimate of drug-likeness (QED) is 0.277. The van der Waals surface area contributed by atoms with Gasteiger partial charge in [-0.15, -0.1) is 0 Å². The zero-order chi connectivity index (χ0) is 30.4. The van der Waals surface area contributed by atoms with Crippen LogP contribution in [0.4, 0.5) is 0 Å². The minimum absolute atomic E-state index is 0.0227. The molecule has 0 aromatic carbocycles. The van der Waals surface area contributed by atoms with Crippen LogP contribution in [0, 0.1) is 53.3 Å². The molecule has 0 aromatic heterocycles. The zero-order valence-electron chi connectivity index (χ0n) is 26.5. The van der Waals surface area contributed by atoms with Crippen LogP contribution < -0.4 is 0 Å². The summed E-state index contributed by atoms with van der Waals surface area (Å²) in [6.45, 7) is 17.9. The van der Waals surface area contributed by atoms with Crippen molar-refractivity contribution in [3.05, 3.63) is 0 Å². The molecule has 9 atom stereocenters. The maximum Gasteiger partial charge on any atom is 0.263 e. The molecular weight excluding hydrogens is 565 g/mol. The minimum atomic E-state index is -4.57. The summed E-state index contributed by atoms with van der Waals surface area (Å²) in [6.07, 6.45) is 5.67. The third kappa shape index (κ3) is 6.81. The molecule has 0 heterocycles. The van der Waals surface area contributed by atoms with Crippen LogP contribution in [-0.4, -0.2) is 44.9 Å². The van der Waals surface area contributed by atoms with E-state index in [9.17, 15) is 25.3 Å². The van der Waals surface area contributed by atoms with Gasteiger partial charge in [0.15, 0.2) is 29.5 Å². The van der Waals surface area contributed by atoms with E-state index in [2.05, 4.69) is 0 Å². The molecule has 3 aliphatic carbocycles. The van der Waals surface area contributed by atoms with Gasteiger partial charge >= 0.3 is 0 Å². The van der Waals surface area contributed by atoms with Crippen molar-refractivity contribution in [2.45, 2.75) is 140 Å². The summed E-state index contributed by atoms with van der Waals surface area (Å²) in [7, 11) is -13.7. The summed E-state index contributed by atoms with van der Waals surface area (Å²) in [5.74, 6) is -0.339. The van der Waals surface area contributed by atoms with E-state index >= 15 is 0 Å². The molecule has 0 amide bonds. The molecule has 9 heteroatoms. The van der Waals surface area contributed by atoms with Crippen LogP contribution in [0.15, 0.2) is 0 Å². The third-order valence-electron chi connectivity index (χ3n) is 11.0. The highest BCUT2D eigenvalue weighted by atomic mass is 32.3. The molecule has 0 aliphatic heterocycles. The normalized spacial score (nSPS) is 37.6. The van der Waals surface area contributed by atoms with Crippen molar-refractivity contribution in [3.8, 4) is 0 Å². The summed E-state index contributed by atoms with van der Waals surface area (Å²) >= 11 is 0. The maximum absolute atomic E-state index is 14.9. The molecule has 0 N–H and O–H groups in total. The fourth-order valence-electron chi connectivity index (χ4n) is 8.47. The second-order valence-corrected chi connectivity index (χ2v) is 22.8. The number of hydrogen-bond donors (Lipinski definition) is 0. The van der Waals surface area contributed by atoms with Gasteiger partial charge in [0, 0.05) is 0 Å². The lowest BCUT2D eigenvalue weighted by Gasteiger charge is -2.43. The first-order valence-corrected chi connectivity index (χ1v) is 20.8. The monoisotopic (exact) mass is 622 g/mol. The number of rotatable bonds is 9. The van der Waals surface area contributed by atoms with Gasteiger partial charge in [-0.1, -0.05) is 81.6 Å². The smallest absolute Gasteiger partial charge is 0.226 e. The summed E-state index contributed by atoms with van der Waals surface area (Å²) in [5, 5.41) is -2.87. The van der Waals surface area contributed by atoms with E-state index in [4.69, 9.17) is 0 Å². The fourth-order valence-corrected chi connectivity index (χ4v) is 21.0. The van der Waals surface area contributed by atoms with E-state index in [-0.39, 0.29) is 53.3 Å². The average Bonchev–Trinajstić information content (AvgIpc) is 2.82. The van der Waals surface area contributed by atoms with Crippen LogP contribution in [0.5, 0.6) is 0 Å². The van der Waals surface area contributed by atoms with E-state index in [0.29, 0.717) is 38.5 Å². The lowest BCUT2D eigenvalue weighted by molar-refractivity contribution is 0.232. The second kappa shape index (κ2) is 12.8. The van der Waals surface area contributed by atoms with Crippen molar-refractivity contribution in [2.75, 3.05) is 0 Å². The molecule has 0 saturated heterocycles. The lowest BCUT2D eigenvalue weighted by Crippen LogP contribution is -2.56. The van der Waals surface area contributed by atoms with Gasteiger partial charge in [0.05, 0.1) is 15.7 Å². The predicted molar refractivity (Wildman–Crippen MR) is 166 cm³/mol. The van der Waals surface area contributed by atoms with Crippen molar-refractivity contribution in [2.24, 2.45) is 53.3 Å². The fraction of sp³-hybridized carbons (Fsp3) is 1.00. The zero-order valence-corrected chi connectivity index (χ0v) is 29.0. The molecule has 3 saturated carbocycles. The summed E-state index contributed by atoms with van der Waals surface area (Å²) in [5.41, 5.74) is 0. The Morgan fingerprint density at radius 3 is 0.850 bits per heavy atom. The maximum atomic E-state index is 14.9. The van der Waals surface area contributed by atoms with Crippen LogP contribution in [0.25, 0.3) is 0 Å². The van der Waals surface area contributed by atoms with Gasteiger partial charge in [0.2, 0.25) is 0 Å². The van der Waals surface area contributed by atoms with Gasteiger partial charge in [0.1, 0.15) is 0 Å². The van der Waals surface area contributed by atoms with Crippen molar-refractivity contribution < 1.29 is 25.3 Å². The van der Waals surface area contributed by atoms with E-state index in [1.165, 1.54) is 0 Å². The Morgan fingerprint density at radius 2 is 0.650 bits per heavy atom.